The van der Waals surface area contributed by atoms with Gasteiger partial charge < -0.3 is 4.74 Å². The molecule has 2 aromatic rings. The van der Waals surface area contributed by atoms with Crippen LogP contribution < -0.4 is 4.74 Å². The Labute approximate surface area is 197 Å². The molecule has 0 aliphatic heterocycles. The highest BCUT2D eigenvalue weighted by molar-refractivity contribution is 5.84. The van der Waals surface area contributed by atoms with Crippen LogP contribution in [0, 0.1) is 17.8 Å². The Morgan fingerprint density at radius 1 is 0.656 bits per heavy atom. The Morgan fingerprint density at radius 3 is 1.91 bits per heavy atom. The van der Waals surface area contributed by atoms with E-state index in [-0.39, 0.29) is 0 Å². The van der Waals surface area contributed by atoms with Crippen molar-refractivity contribution in [3.63, 3.8) is 0 Å². The van der Waals surface area contributed by atoms with Crippen molar-refractivity contribution < 1.29 is 4.74 Å². The summed E-state index contributed by atoms with van der Waals surface area (Å²) >= 11 is 0. The lowest BCUT2D eigenvalue weighted by Gasteiger charge is -2.32. The molecule has 0 spiro atoms. The fourth-order valence-corrected chi connectivity index (χ4v) is 6.50. The van der Waals surface area contributed by atoms with Crippen molar-refractivity contribution >= 4 is 10.8 Å². The molecule has 0 atom stereocenters. The van der Waals surface area contributed by atoms with Crippen molar-refractivity contribution in [2.75, 3.05) is 6.61 Å². The summed E-state index contributed by atoms with van der Waals surface area (Å²) in [4.78, 5) is 0. The Kier molecular flexibility index (Phi) is 8.94. The third kappa shape index (κ3) is 6.52. The first-order chi connectivity index (χ1) is 15.7. The molecule has 4 rings (SSSR count). The Morgan fingerprint density at radius 2 is 1.25 bits per heavy atom. The van der Waals surface area contributed by atoms with E-state index in [0.29, 0.717) is 0 Å². The van der Waals surface area contributed by atoms with E-state index in [4.69, 9.17) is 4.74 Å². The van der Waals surface area contributed by atoms with E-state index in [1.807, 2.05) is 6.92 Å². The van der Waals surface area contributed by atoms with Gasteiger partial charge in [0.2, 0.25) is 0 Å². The van der Waals surface area contributed by atoms with Crippen LogP contribution in [0.2, 0.25) is 0 Å². The van der Waals surface area contributed by atoms with Crippen LogP contribution in [-0.2, 0) is 0 Å². The third-order valence-electron chi connectivity index (χ3n) is 8.63. The van der Waals surface area contributed by atoms with Crippen LogP contribution in [-0.4, -0.2) is 6.61 Å². The largest absolute Gasteiger partial charge is 0.494 e. The van der Waals surface area contributed by atoms with Crippen molar-refractivity contribution in [3.8, 4) is 5.75 Å². The lowest BCUT2D eigenvalue weighted by molar-refractivity contribution is 0.222. The average molecular weight is 435 g/mol. The third-order valence-corrected chi connectivity index (χ3v) is 8.63. The smallest absolute Gasteiger partial charge is 0.119 e. The minimum atomic E-state index is 0.729. The molecule has 0 amide bonds. The highest BCUT2D eigenvalue weighted by atomic mass is 16.5. The molecular formula is C31H46O. The Bertz CT molecular complexity index is 808. The van der Waals surface area contributed by atoms with Crippen LogP contribution in [0.25, 0.3) is 10.8 Å². The quantitative estimate of drug-likeness (QED) is 0.338. The molecule has 2 aromatic carbocycles. The second kappa shape index (κ2) is 12.1. The summed E-state index contributed by atoms with van der Waals surface area (Å²) < 4.78 is 5.66. The van der Waals surface area contributed by atoms with E-state index in [1.54, 1.807) is 5.56 Å². The topological polar surface area (TPSA) is 9.23 Å². The zero-order valence-electron chi connectivity index (χ0n) is 20.8. The van der Waals surface area contributed by atoms with Gasteiger partial charge in [0.15, 0.2) is 0 Å². The molecule has 0 radical (unpaired) electrons. The van der Waals surface area contributed by atoms with Crippen molar-refractivity contribution in [2.24, 2.45) is 17.8 Å². The van der Waals surface area contributed by atoms with Crippen molar-refractivity contribution in [2.45, 2.75) is 110 Å². The van der Waals surface area contributed by atoms with E-state index >= 15 is 0 Å². The lowest BCUT2D eigenvalue weighted by Crippen LogP contribution is -2.17. The number of rotatable bonds is 10. The SMILES string of the molecule is CCCCCC1CCC(CCC2CCC(c3ccc4cc(OCC)ccc4c3)CC2)CC1. The molecule has 2 saturated carbocycles. The zero-order valence-corrected chi connectivity index (χ0v) is 20.8. The molecule has 176 valence electrons. The first-order valence-electron chi connectivity index (χ1n) is 13.9. The molecule has 0 saturated heterocycles. The van der Waals surface area contributed by atoms with Gasteiger partial charge in [0.1, 0.15) is 5.75 Å². The number of fused-ring (bicyclic) bond motifs is 1. The van der Waals surface area contributed by atoms with Crippen LogP contribution in [0.1, 0.15) is 115 Å². The summed E-state index contributed by atoms with van der Waals surface area (Å²) in [6, 6.07) is 13.6. The van der Waals surface area contributed by atoms with Crippen molar-refractivity contribution in [3.05, 3.63) is 42.0 Å². The van der Waals surface area contributed by atoms with Gasteiger partial charge in [0.05, 0.1) is 6.61 Å². The van der Waals surface area contributed by atoms with Gasteiger partial charge in [-0.15, -0.1) is 0 Å². The number of hydrogen-bond acceptors (Lipinski definition) is 1. The molecule has 2 aliphatic carbocycles. The van der Waals surface area contributed by atoms with E-state index in [0.717, 1.165) is 36.0 Å². The Balaban J connectivity index is 1.19. The van der Waals surface area contributed by atoms with E-state index in [2.05, 4.69) is 43.3 Å². The normalized spacial score (nSPS) is 26.3. The van der Waals surface area contributed by atoms with Gasteiger partial charge in [-0.3, -0.25) is 0 Å². The maximum absolute atomic E-state index is 5.66. The predicted octanol–water partition coefficient (Wildman–Crippen LogP) is 9.68. The predicted molar refractivity (Wildman–Crippen MR) is 139 cm³/mol. The van der Waals surface area contributed by atoms with Crippen molar-refractivity contribution in [1.82, 2.24) is 0 Å². The van der Waals surface area contributed by atoms with Gasteiger partial charge in [-0.25, -0.2) is 0 Å². The van der Waals surface area contributed by atoms with Gasteiger partial charge >= 0.3 is 0 Å². The summed E-state index contributed by atoms with van der Waals surface area (Å²) in [6.45, 7) is 5.10. The number of hydrogen-bond donors (Lipinski definition) is 0. The van der Waals surface area contributed by atoms with Crippen LogP contribution in [0.5, 0.6) is 5.75 Å². The van der Waals surface area contributed by atoms with E-state index in [9.17, 15) is 0 Å². The maximum Gasteiger partial charge on any atom is 0.119 e. The highest BCUT2D eigenvalue weighted by Crippen LogP contribution is 2.41. The second-order valence-electron chi connectivity index (χ2n) is 10.9. The maximum atomic E-state index is 5.66. The fourth-order valence-electron chi connectivity index (χ4n) is 6.50. The minimum absolute atomic E-state index is 0.729. The molecule has 0 bridgehead atoms. The molecule has 2 aliphatic rings. The van der Waals surface area contributed by atoms with Crippen LogP contribution >= 0.6 is 0 Å². The molecule has 0 heterocycles. The molecule has 0 N–H and O–H groups in total. The first kappa shape index (κ1) is 23.7. The zero-order chi connectivity index (χ0) is 22.2. The molecular weight excluding hydrogens is 388 g/mol. The molecule has 0 aromatic heterocycles. The minimum Gasteiger partial charge on any atom is -0.494 e. The number of benzene rings is 2. The number of ether oxygens (including phenoxy) is 1. The second-order valence-corrected chi connectivity index (χ2v) is 10.9. The van der Waals surface area contributed by atoms with Gasteiger partial charge in [0.25, 0.3) is 0 Å². The van der Waals surface area contributed by atoms with Crippen LogP contribution in [0.15, 0.2) is 36.4 Å². The lowest BCUT2D eigenvalue weighted by atomic mass is 9.74. The van der Waals surface area contributed by atoms with Gasteiger partial charge in [0, 0.05) is 0 Å². The summed E-state index contributed by atoms with van der Waals surface area (Å²) in [7, 11) is 0. The molecule has 0 unspecified atom stereocenters. The Hall–Kier alpha value is -1.50. The molecule has 1 nitrogen and oxygen atoms in total. The molecule has 32 heavy (non-hydrogen) atoms. The van der Waals surface area contributed by atoms with Gasteiger partial charge in [-0.2, -0.15) is 0 Å². The number of unbranched alkanes of at least 4 members (excludes halogenated alkanes) is 2. The average Bonchev–Trinajstić information content (AvgIpc) is 2.84. The van der Waals surface area contributed by atoms with Crippen molar-refractivity contribution in [1.29, 1.82) is 0 Å². The summed E-state index contributed by atoms with van der Waals surface area (Å²) in [5, 5.41) is 2.66. The summed E-state index contributed by atoms with van der Waals surface area (Å²) in [6.07, 6.45) is 20.5. The monoisotopic (exact) mass is 434 g/mol. The fraction of sp³-hybridized carbons (Fsp3) is 0.677. The molecule has 2 fully saturated rings. The van der Waals surface area contributed by atoms with E-state index < -0.39 is 0 Å². The van der Waals surface area contributed by atoms with Gasteiger partial charge in [-0.1, -0.05) is 95.4 Å². The van der Waals surface area contributed by atoms with E-state index in [1.165, 1.54) is 101 Å². The molecule has 1 heteroatoms. The summed E-state index contributed by atoms with van der Waals surface area (Å²) in [5.41, 5.74) is 1.56. The van der Waals surface area contributed by atoms with Gasteiger partial charge in [-0.05, 0) is 84.7 Å². The van der Waals surface area contributed by atoms with Crippen LogP contribution in [0.4, 0.5) is 0 Å². The van der Waals surface area contributed by atoms with Crippen LogP contribution in [0.3, 0.4) is 0 Å². The summed E-state index contributed by atoms with van der Waals surface area (Å²) in [5.74, 6) is 4.83. The highest BCUT2D eigenvalue weighted by Gasteiger charge is 2.25. The standard InChI is InChI=1S/C31H46O/c1-3-5-6-7-24-8-10-25(11-9-24)12-13-26-14-16-27(17-15-26)28-18-19-30-23-31(32-4-2)21-20-29(30)22-28/h18-27H,3-17H2,1-2H3. The first-order valence-corrected chi connectivity index (χ1v) is 13.9.